The Morgan fingerprint density at radius 2 is 1.86 bits per heavy atom. The molecule has 0 aliphatic rings. The first-order valence-corrected chi connectivity index (χ1v) is 9.65. The predicted molar refractivity (Wildman–Crippen MR) is 114 cm³/mol. The highest BCUT2D eigenvalue weighted by Crippen LogP contribution is 2.22. The summed E-state index contributed by atoms with van der Waals surface area (Å²) >= 11 is 3.41. The fourth-order valence-corrected chi connectivity index (χ4v) is 3.10. The third kappa shape index (κ3) is 4.53. The standard InChI is InChI=1S/C23H15BrFN3O/c24-18-5-1-16(2-6-18)14-29-20-8-3-15(4-9-20)11-17(13-26)23-27-21-10-7-19(25)12-22(21)28-23/h1-12H,14H2,(H,27,28)/b17-11-. The maximum Gasteiger partial charge on any atom is 0.149 e. The van der Waals surface area contributed by atoms with Crippen LogP contribution < -0.4 is 4.74 Å². The zero-order valence-corrected chi connectivity index (χ0v) is 16.8. The minimum Gasteiger partial charge on any atom is -0.489 e. The van der Waals surface area contributed by atoms with Crippen molar-refractivity contribution in [1.29, 1.82) is 5.26 Å². The van der Waals surface area contributed by atoms with Crippen LogP contribution in [-0.2, 0) is 6.61 Å². The first kappa shape index (κ1) is 18.9. The first-order chi connectivity index (χ1) is 14.1. The molecular weight excluding hydrogens is 433 g/mol. The second-order valence-electron chi connectivity index (χ2n) is 6.40. The van der Waals surface area contributed by atoms with Gasteiger partial charge in [-0.3, -0.25) is 0 Å². The second-order valence-corrected chi connectivity index (χ2v) is 7.32. The number of aromatic nitrogens is 2. The summed E-state index contributed by atoms with van der Waals surface area (Å²) in [5.74, 6) is 0.792. The van der Waals surface area contributed by atoms with Crippen molar-refractivity contribution >= 4 is 38.6 Å². The lowest BCUT2D eigenvalue weighted by Crippen LogP contribution is -1.95. The molecule has 142 valence electrons. The average molecular weight is 448 g/mol. The van der Waals surface area contributed by atoms with E-state index in [1.54, 1.807) is 12.1 Å². The van der Waals surface area contributed by atoms with Crippen LogP contribution in [0.15, 0.2) is 71.2 Å². The van der Waals surface area contributed by atoms with Gasteiger partial charge in [0.05, 0.1) is 16.6 Å². The number of ether oxygens (including phenoxy) is 1. The van der Waals surface area contributed by atoms with Crippen LogP contribution in [-0.4, -0.2) is 9.97 Å². The van der Waals surface area contributed by atoms with Crippen molar-refractivity contribution in [3.8, 4) is 11.8 Å². The molecule has 0 amide bonds. The molecule has 0 fully saturated rings. The molecule has 3 aromatic carbocycles. The molecule has 0 aliphatic heterocycles. The zero-order chi connectivity index (χ0) is 20.2. The number of hydrogen-bond acceptors (Lipinski definition) is 3. The Labute approximate surface area is 175 Å². The predicted octanol–water partition coefficient (Wildman–Crippen LogP) is 6.11. The summed E-state index contributed by atoms with van der Waals surface area (Å²) in [4.78, 5) is 7.36. The topological polar surface area (TPSA) is 61.7 Å². The summed E-state index contributed by atoms with van der Waals surface area (Å²) in [6.07, 6.45) is 1.73. The van der Waals surface area contributed by atoms with Gasteiger partial charge in [-0.15, -0.1) is 0 Å². The lowest BCUT2D eigenvalue weighted by atomic mass is 10.1. The number of benzene rings is 3. The van der Waals surface area contributed by atoms with Gasteiger partial charge in [0.2, 0.25) is 0 Å². The third-order valence-corrected chi connectivity index (χ3v) is 4.86. The van der Waals surface area contributed by atoms with Gasteiger partial charge in [-0.05, 0) is 59.7 Å². The number of imidazole rings is 1. The minimum atomic E-state index is -0.353. The van der Waals surface area contributed by atoms with Crippen molar-refractivity contribution in [3.63, 3.8) is 0 Å². The van der Waals surface area contributed by atoms with E-state index < -0.39 is 0 Å². The molecule has 1 heterocycles. The molecule has 0 radical (unpaired) electrons. The normalized spacial score (nSPS) is 11.4. The van der Waals surface area contributed by atoms with Gasteiger partial charge in [0.25, 0.3) is 0 Å². The number of H-pyrrole nitrogens is 1. The highest BCUT2D eigenvalue weighted by atomic mass is 79.9. The van der Waals surface area contributed by atoms with E-state index in [-0.39, 0.29) is 5.82 Å². The van der Waals surface area contributed by atoms with Gasteiger partial charge >= 0.3 is 0 Å². The van der Waals surface area contributed by atoms with E-state index in [1.807, 2.05) is 48.5 Å². The van der Waals surface area contributed by atoms with E-state index in [2.05, 4.69) is 32.0 Å². The van der Waals surface area contributed by atoms with Gasteiger partial charge in [0, 0.05) is 4.47 Å². The lowest BCUT2D eigenvalue weighted by molar-refractivity contribution is 0.306. The van der Waals surface area contributed by atoms with Crippen LogP contribution in [0.3, 0.4) is 0 Å². The second kappa shape index (κ2) is 8.29. The van der Waals surface area contributed by atoms with E-state index in [0.717, 1.165) is 21.3 Å². The summed E-state index contributed by atoms with van der Waals surface area (Å²) < 4.78 is 20.2. The molecule has 0 saturated heterocycles. The molecule has 0 unspecified atom stereocenters. The number of allylic oxidation sites excluding steroid dienone is 1. The van der Waals surface area contributed by atoms with Crippen LogP contribution in [0.25, 0.3) is 22.7 Å². The molecule has 4 aromatic rings. The number of hydrogen-bond donors (Lipinski definition) is 1. The monoisotopic (exact) mass is 447 g/mol. The summed E-state index contributed by atoms with van der Waals surface area (Å²) in [7, 11) is 0. The van der Waals surface area contributed by atoms with Gasteiger partial charge < -0.3 is 9.72 Å². The molecule has 0 spiro atoms. The Balaban J connectivity index is 1.50. The van der Waals surface area contributed by atoms with Crippen molar-refractivity contribution < 1.29 is 9.13 Å². The van der Waals surface area contributed by atoms with Crippen molar-refractivity contribution in [1.82, 2.24) is 9.97 Å². The molecular formula is C23H15BrFN3O. The van der Waals surface area contributed by atoms with Gasteiger partial charge in [-0.1, -0.05) is 40.2 Å². The van der Waals surface area contributed by atoms with Crippen molar-refractivity contribution in [2.45, 2.75) is 6.61 Å². The van der Waals surface area contributed by atoms with Gasteiger partial charge in [-0.25, -0.2) is 9.37 Å². The van der Waals surface area contributed by atoms with Crippen LogP contribution in [0.2, 0.25) is 0 Å². The van der Waals surface area contributed by atoms with Crippen LogP contribution in [0, 0.1) is 17.1 Å². The van der Waals surface area contributed by atoms with E-state index in [0.29, 0.717) is 29.0 Å². The molecule has 4 nitrogen and oxygen atoms in total. The van der Waals surface area contributed by atoms with Crippen LogP contribution in [0.4, 0.5) is 4.39 Å². The maximum atomic E-state index is 13.4. The lowest BCUT2D eigenvalue weighted by Gasteiger charge is -2.07. The number of nitrogens with one attached hydrogen (secondary N) is 1. The Morgan fingerprint density at radius 1 is 1.10 bits per heavy atom. The molecule has 1 aromatic heterocycles. The van der Waals surface area contributed by atoms with Crippen molar-refractivity contribution in [2.24, 2.45) is 0 Å². The smallest absolute Gasteiger partial charge is 0.149 e. The number of nitrogens with zero attached hydrogens (tertiary/aromatic N) is 2. The Kier molecular flexibility index (Phi) is 5.41. The molecule has 4 rings (SSSR count). The van der Waals surface area contributed by atoms with E-state index >= 15 is 0 Å². The molecule has 6 heteroatoms. The Morgan fingerprint density at radius 3 is 2.59 bits per heavy atom. The van der Waals surface area contributed by atoms with E-state index in [9.17, 15) is 9.65 Å². The first-order valence-electron chi connectivity index (χ1n) is 8.85. The third-order valence-electron chi connectivity index (χ3n) is 4.33. The van der Waals surface area contributed by atoms with E-state index in [4.69, 9.17) is 4.74 Å². The number of halogens is 2. The maximum absolute atomic E-state index is 13.4. The fourth-order valence-electron chi connectivity index (χ4n) is 2.84. The van der Waals surface area contributed by atoms with E-state index in [1.165, 1.54) is 12.1 Å². The van der Waals surface area contributed by atoms with Crippen LogP contribution in [0.1, 0.15) is 17.0 Å². The van der Waals surface area contributed by atoms with Crippen molar-refractivity contribution in [3.05, 3.63) is 94.0 Å². The summed E-state index contributed by atoms with van der Waals surface area (Å²) in [6, 6.07) is 21.8. The molecule has 0 aliphatic carbocycles. The molecule has 29 heavy (non-hydrogen) atoms. The highest BCUT2D eigenvalue weighted by molar-refractivity contribution is 9.10. The number of aromatic amines is 1. The zero-order valence-electron chi connectivity index (χ0n) is 15.2. The van der Waals surface area contributed by atoms with Crippen LogP contribution >= 0.6 is 15.9 Å². The quantitative estimate of drug-likeness (QED) is 0.375. The Bertz CT molecular complexity index is 1220. The van der Waals surface area contributed by atoms with Gasteiger partial charge in [0.1, 0.15) is 30.1 Å². The number of fused-ring (bicyclic) bond motifs is 1. The molecule has 1 N–H and O–H groups in total. The van der Waals surface area contributed by atoms with Crippen molar-refractivity contribution in [2.75, 3.05) is 0 Å². The summed E-state index contributed by atoms with van der Waals surface area (Å²) in [5, 5.41) is 9.52. The molecule has 0 saturated carbocycles. The summed E-state index contributed by atoms with van der Waals surface area (Å²) in [5.41, 5.74) is 3.44. The largest absolute Gasteiger partial charge is 0.489 e. The minimum absolute atomic E-state index is 0.353. The van der Waals surface area contributed by atoms with Gasteiger partial charge in [0.15, 0.2) is 0 Å². The highest BCUT2D eigenvalue weighted by Gasteiger charge is 2.09. The Hall–Kier alpha value is -3.43. The fraction of sp³-hybridized carbons (Fsp3) is 0.0435. The summed E-state index contributed by atoms with van der Waals surface area (Å²) in [6.45, 7) is 0.474. The number of rotatable bonds is 5. The average Bonchev–Trinajstić information content (AvgIpc) is 3.15. The SMILES string of the molecule is N#C/C(=C/c1ccc(OCc2ccc(Br)cc2)cc1)c1nc2ccc(F)cc2[nH]1. The number of nitriles is 1. The van der Waals surface area contributed by atoms with Gasteiger partial charge in [-0.2, -0.15) is 5.26 Å². The molecule has 0 atom stereocenters. The van der Waals surface area contributed by atoms with Crippen LogP contribution in [0.5, 0.6) is 5.75 Å². The molecule has 0 bridgehead atoms.